The molecule has 0 aliphatic heterocycles. The molecule has 1 unspecified atom stereocenters. The lowest BCUT2D eigenvalue weighted by Crippen LogP contribution is -2.52. The van der Waals surface area contributed by atoms with Gasteiger partial charge in [-0.05, 0) is 54.5 Å². The maximum Gasteiger partial charge on any atom is 0.407 e. The Hall–Kier alpha value is -3.00. The summed E-state index contributed by atoms with van der Waals surface area (Å²) in [6.45, 7) is 3.23. The van der Waals surface area contributed by atoms with E-state index in [0.717, 1.165) is 22.3 Å². The van der Waals surface area contributed by atoms with Gasteiger partial charge in [-0.2, -0.15) is 11.8 Å². The maximum absolute atomic E-state index is 13.0. The van der Waals surface area contributed by atoms with Gasteiger partial charge in [0.2, 0.25) is 5.91 Å². The number of thioether (sulfide) groups is 1. The average molecular weight is 471 g/mol. The third-order valence-corrected chi connectivity index (χ3v) is 6.40. The summed E-state index contributed by atoms with van der Waals surface area (Å²) in [6.07, 6.45) is 1.61. The van der Waals surface area contributed by atoms with Gasteiger partial charge >= 0.3 is 12.1 Å². The Labute approximate surface area is 198 Å². The van der Waals surface area contributed by atoms with E-state index in [-0.39, 0.29) is 18.6 Å². The van der Waals surface area contributed by atoms with E-state index in [2.05, 4.69) is 17.4 Å². The first kappa shape index (κ1) is 24.6. The number of carbonyl (C=O) groups is 3. The Morgan fingerprint density at radius 1 is 1.06 bits per heavy atom. The van der Waals surface area contributed by atoms with Crippen molar-refractivity contribution in [2.75, 3.05) is 25.2 Å². The highest BCUT2D eigenvalue weighted by Gasteiger charge is 2.31. The highest BCUT2D eigenvalue weighted by molar-refractivity contribution is 7.98. The number of aliphatic carboxylic acids is 1. The quantitative estimate of drug-likeness (QED) is 0.546. The molecule has 1 atom stereocenters. The molecule has 0 aromatic heterocycles. The molecule has 2 aromatic rings. The first-order chi connectivity index (χ1) is 15.8. The number of carboxylic acid groups (broad SMARTS) is 1. The Bertz CT molecular complexity index is 964. The molecule has 0 radical (unpaired) electrons. The van der Waals surface area contributed by atoms with Crippen LogP contribution in [0.1, 0.15) is 37.3 Å². The molecular formula is C25H30N2O5S. The molecule has 2 amide bonds. The number of fused-ring (bicyclic) bond motifs is 3. The standard InChI is InChI=1S/C25H30N2O5S/c1-16(2)27(14-23(28)29)24(30)22(12-13-33-3)26-25(31)32-15-21-19-10-6-4-8-17(19)18-9-5-7-11-20(18)21/h4-11,16,21-22H,12-15H2,1-3H3,(H,26,31)(H,28,29). The van der Waals surface area contributed by atoms with Crippen LogP contribution in [0.3, 0.4) is 0 Å². The summed E-state index contributed by atoms with van der Waals surface area (Å²) < 4.78 is 5.58. The summed E-state index contributed by atoms with van der Waals surface area (Å²) >= 11 is 1.55. The lowest BCUT2D eigenvalue weighted by molar-refractivity contribution is -0.146. The van der Waals surface area contributed by atoms with Crippen LogP contribution < -0.4 is 5.32 Å². The summed E-state index contributed by atoms with van der Waals surface area (Å²) in [7, 11) is 0. The fraction of sp³-hybridized carbons (Fsp3) is 0.400. The topological polar surface area (TPSA) is 95.9 Å². The fourth-order valence-electron chi connectivity index (χ4n) is 4.14. The lowest BCUT2D eigenvalue weighted by atomic mass is 9.98. The Balaban J connectivity index is 1.70. The number of carboxylic acids is 1. The van der Waals surface area contributed by atoms with Gasteiger partial charge in [0.1, 0.15) is 19.2 Å². The molecular weight excluding hydrogens is 440 g/mol. The second-order valence-electron chi connectivity index (χ2n) is 8.26. The molecule has 0 spiro atoms. The number of nitrogens with one attached hydrogen (secondary N) is 1. The smallest absolute Gasteiger partial charge is 0.407 e. The van der Waals surface area contributed by atoms with E-state index >= 15 is 0 Å². The van der Waals surface area contributed by atoms with Crippen molar-refractivity contribution >= 4 is 29.7 Å². The Morgan fingerprint density at radius 3 is 2.15 bits per heavy atom. The lowest BCUT2D eigenvalue weighted by Gasteiger charge is -2.29. The molecule has 0 saturated heterocycles. The van der Waals surface area contributed by atoms with Gasteiger partial charge in [0.25, 0.3) is 0 Å². The summed E-state index contributed by atoms with van der Waals surface area (Å²) in [5.41, 5.74) is 4.48. The first-order valence-electron chi connectivity index (χ1n) is 11.0. The zero-order chi connectivity index (χ0) is 24.0. The third-order valence-electron chi connectivity index (χ3n) is 5.76. The van der Waals surface area contributed by atoms with E-state index in [4.69, 9.17) is 4.74 Å². The molecule has 0 fully saturated rings. The predicted octanol–water partition coefficient (Wildman–Crippen LogP) is 3.97. The number of nitrogens with zero attached hydrogens (tertiary/aromatic N) is 1. The number of hydrogen-bond acceptors (Lipinski definition) is 5. The van der Waals surface area contributed by atoms with Gasteiger partial charge in [0.05, 0.1) is 0 Å². The Morgan fingerprint density at radius 2 is 1.64 bits per heavy atom. The third kappa shape index (κ3) is 5.87. The van der Waals surface area contributed by atoms with Crippen LogP contribution in [0.25, 0.3) is 11.1 Å². The van der Waals surface area contributed by atoms with E-state index in [1.54, 1.807) is 25.6 Å². The first-order valence-corrected chi connectivity index (χ1v) is 12.4. The Kier molecular flexibility index (Phi) is 8.38. The molecule has 3 rings (SSSR count). The van der Waals surface area contributed by atoms with Gasteiger partial charge in [-0.25, -0.2) is 4.79 Å². The molecule has 7 nitrogen and oxygen atoms in total. The van der Waals surface area contributed by atoms with Crippen molar-refractivity contribution in [2.24, 2.45) is 0 Å². The molecule has 1 aliphatic carbocycles. The zero-order valence-corrected chi connectivity index (χ0v) is 19.9. The van der Waals surface area contributed by atoms with Gasteiger partial charge in [-0.3, -0.25) is 9.59 Å². The molecule has 176 valence electrons. The monoisotopic (exact) mass is 470 g/mol. The summed E-state index contributed by atoms with van der Waals surface area (Å²) in [4.78, 5) is 38.2. The maximum atomic E-state index is 13.0. The van der Waals surface area contributed by atoms with Crippen molar-refractivity contribution in [3.8, 4) is 11.1 Å². The molecule has 0 heterocycles. The van der Waals surface area contributed by atoms with Crippen LogP contribution in [-0.2, 0) is 14.3 Å². The van der Waals surface area contributed by atoms with Crippen molar-refractivity contribution in [3.05, 3.63) is 59.7 Å². The second kappa shape index (κ2) is 11.2. The van der Waals surface area contributed by atoms with Crippen LogP contribution in [0.4, 0.5) is 4.79 Å². The van der Waals surface area contributed by atoms with Crippen LogP contribution in [-0.4, -0.2) is 65.2 Å². The minimum absolute atomic E-state index is 0.0809. The van der Waals surface area contributed by atoms with Crippen molar-refractivity contribution < 1.29 is 24.2 Å². The summed E-state index contributed by atoms with van der Waals surface area (Å²) in [6, 6.07) is 15.0. The fourth-order valence-corrected chi connectivity index (χ4v) is 4.61. The van der Waals surface area contributed by atoms with Crippen LogP contribution in [0.5, 0.6) is 0 Å². The van der Waals surface area contributed by atoms with E-state index in [1.807, 2.05) is 42.7 Å². The highest BCUT2D eigenvalue weighted by atomic mass is 32.2. The van der Waals surface area contributed by atoms with Gasteiger partial charge in [0, 0.05) is 12.0 Å². The number of carbonyl (C=O) groups excluding carboxylic acids is 2. The minimum Gasteiger partial charge on any atom is -0.480 e. The second-order valence-corrected chi connectivity index (χ2v) is 9.24. The van der Waals surface area contributed by atoms with Crippen molar-refractivity contribution in [1.82, 2.24) is 10.2 Å². The highest BCUT2D eigenvalue weighted by Crippen LogP contribution is 2.44. The molecule has 0 saturated carbocycles. The molecule has 2 aromatic carbocycles. The number of ether oxygens (including phenoxy) is 1. The molecule has 2 N–H and O–H groups in total. The largest absolute Gasteiger partial charge is 0.480 e. The van der Waals surface area contributed by atoms with Crippen molar-refractivity contribution in [2.45, 2.75) is 38.3 Å². The average Bonchev–Trinajstić information content (AvgIpc) is 3.12. The number of hydrogen-bond donors (Lipinski definition) is 2. The van der Waals surface area contributed by atoms with Gasteiger partial charge in [-0.1, -0.05) is 48.5 Å². The van der Waals surface area contributed by atoms with Crippen LogP contribution in [0.2, 0.25) is 0 Å². The van der Waals surface area contributed by atoms with Crippen molar-refractivity contribution in [3.63, 3.8) is 0 Å². The van der Waals surface area contributed by atoms with E-state index in [1.165, 1.54) is 4.90 Å². The molecule has 0 bridgehead atoms. The van der Waals surface area contributed by atoms with Crippen LogP contribution >= 0.6 is 11.8 Å². The van der Waals surface area contributed by atoms with Gasteiger partial charge < -0.3 is 20.1 Å². The van der Waals surface area contributed by atoms with E-state index in [0.29, 0.717) is 12.2 Å². The number of rotatable bonds is 10. The normalized spacial score (nSPS) is 13.2. The van der Waals surface area contributed by atoms with Crippen LogP contribution in [0.15, 0.2) is 48.5 Å². The number of amides is 2. The van der Waals surface area contributed by atoms with Gasteiger partial charge in [0.15, 0.2) is 0 Å². The number of benzene rings is 2. The van der Waals surface area contributed by atoms with Crippen LogP contribution in [0, 0.1) is 0 Å². The van der Waals surface area contributed by atoms with Crippen molar-refractivity contribution in [1.29, 1.82) is 0 Å². The number of alkyl carbamates (subject to hydrolysis) is 1. The predicted molar refractivity (Wildman–Crippen MR) is 129 cm³/mol. The summed E-state index contributed by atoms with van der Waals surface area (Å²) in [5, 5.41) is 11.9. The molecule has 1 aliphatic rings. The van der Waals surface area contributed by atoms with E-state index < -0.39 is 30.6 Å². The molecule has 8 heteroatoms. The van der Waals surface area contributed by atoms with E-state index in [9.17, 15) is 19.5 Å². The SMILES string of the molecule is CSCCC(NC(=O)OCC1c2ccccc2-c2ccccc21)C(=O)N(CC(=O)O)C(C)C. The van der Waals surface area contributed by atoms with Gasteiger partial charge in [-0.15, -0.1) is 0 Å². The zero-order valence-electron chi connectivity index (χ0n) is 19.1. The summed E-state index contributed by atoms with van der Waals surface area (Å²) in [5.74, 6) is -0.960. The molecule has 33 heavy (non-hydrogen) atoms. The minimum atomic E-state index is -1.10.